The molecule has 2 saturated heterocycles. The van der Waals surface area contributed by atoms with Crippen LogP contribution in [0.25, 0.3) is 11.4 Å². The van der Waals surface area contributed by atoms with Gasteiger partial charge < -0.3 is 15.2 Å². The smallest absolute Gasteiger partial charge is 0.247 e. The highest BCUT2D eigenvalue weighted by Gasteiger charge is 2.44. The average Bonchev–Trinajstić information content (AvgIpc) is 3.35. The molecule has 1 aromatic heterocycles. The number of rotatable bonds is 3. The van der Waals surface area contributed by atoms with Crippen molar-refractivity contribution in [2.24, 2.45) is 5.92 Å². The second-order valence-corrected chi connectivity index (χ2v) is 7.79. The molecule has 9 heteroatoms. The van der Waals surface area contributed by atoms with E-state index in [1.165, 1.54) is 0 Å². The Kier molecular flexibility index (Phi) is 4.54. The summed E-state index contributed by atoms with van der Waals surface area (Å²) >= 11 is 6.06. The van der Waals surface area contributed by atoms with Gasteiger partial charge in [-0.1, -0.05) is 28.9 Å². The van der Waals surface area contributed by atoms with Crippen LogP contribution in [0.4, 0.5) is 0 Å². The minimum Gasteiger partial charge on any atom is -0.338 e. The molecule has 3 aliphatic heterocycles. The zero-order valence-corrected chi connectivity index (χ0v) is 15.9. The number of aromatic nitrogens is 2. The van der Waals surface area contributed by atoms with Crippen LogP contribution in [0.1, 0.15) is 24.7 Å². The number of nitrogens with zero attached hydrogens (tertiary/aromatic N) is 3. The molecule has 0 saturated carbocycles. The molecular weight excluding hydrogens is 380 g/mol. The molecular formula is C19H21ClN6O2. The number of carbonyl (C=O) groups excluding carboxylic acids is 1. The monoisotopic (exact) mass is 400 g/mol. The predicted molar refractivity (Wildman–Crippen MR) is 103 cm³/mol. The highest BCUT2D eigenvalue weighted by molar-refractivity contribution is 6.30. The summed E-state index contributed by atoms with van der Waals surface area (Å²) < 4.78 is 5.56. The number of benzene rings is 1. The lowest BCUT2D eigenvalue weighted by molar-refractivity contribution is -0.119. The number of hydrogen-bond donors (Lipinski definition) is 3. The fourth-order valence-corrected chi connectivity index (χ4v) is 4.37. The maximum atomic E-state index is 12.4. The number of hydrogen-bond acceptors (Lipinski definition) is 7. The van der Waals surface area contributed by atoms with Gasteiger partial charge in [-0.3, -0.25) is 9.80 Å². The number of piperidine rings is 1. The normalized spacial score (nSPS) is 25.4. The third-order valence-electron chi connectivity index (χ3n) is 5.59. The second-order valence-electron chi connectivity index (χ2n) is 7.35. The number of halogens is 1. The first-order valence-corrected chi connectivity index (χ1v) is 9.92. The van der Waals surface area contributed by atoms with E-state index >= 15 is 0 Å². The quantitative estimate of drug-likeness (QED) is 0.720. The van der Waals surface area contributed by atoms with E-state index in [0.717, 1.165) is 37.2 Å². The summed E-state index contributed by atoms with van der Waals surface area (Å²) in [5.41, 5.74) is 5.26. The summed E-state index contributed by atoms with van der Waals surface area (Å²) in [7, 11) is 0. The van der Waals surface area contributed by atoms with E-state index in [4.69, 9.17) is 16.1 Å². The van der Waals surface area contributed by atoms with Crippen LogP contribution in [-0.2, 0) is 4.79 Å². The van der Waals surface area contributed by atoms with Gasteiger partial charge in [-0.25, -0.2) is 5.43 Å². The molecule has 2 unspecified atom stereocenters. The third kappa shape index (κ3) is 3.17. The molecule has 4 heterocycles. The molecule has 3 aliphatic rings. The van der Waals surface area contributed by atoms with Crippen LogP contribution in [0.2, 0.25) is 5.02 Å². The van der Waals surface area contributed by atoms with Crippen LogP contribution in [0, 0.1) is 5.92 Å². The Balaban J connectivity index is 1.40. The summed E-state index contributed by atoms with van der Waals surface area (Å²) in [6, 6.07) is 7.34. The number of amides is 1. The summed E-state index contributed by atoms with van der Waals surface area (Å²) in [6.45, 7) is 2.56. The lowest BCUT2D eigenvalue weighted by Gasteiger charge is -2.38. The van der Waals surface area contributed by atoms with Crippen molar-refractivity contribution in [3.63, 3.8) is 0 Å². The number of hydrazine groups is 1. The van der Waals surface area contributed by atoms with E-state index in [2.05, 4.69) is 31.2 Å². The van der Waals surface area contributed by atoms with Crippen molar-refractivity contribution in [2.45, 2.75) is 24.9 Å². The van der Waals surface area contributed by atoms with Gasteiger partial charge in [0, 0.05) is 34.8 Å². The van der Waals surface area contributed by atoms with Crippen molar-refractivity contribution in [3.05, 3.63) is 47.0 Å². The van der Waals surface area contributed by atoms with Gasteiger partial charge in [0.05, 0.1) is 5.92 Å². The van der Waals surface area contributed by atoms with Crippen molar-refractivity contribution in [3.8, 4) is 11.4 Å². The Morgan fingerprint density at radius 1 is 1.25 bits per heavy atom. The molecule has 0 spiro atoms. The van der Waals surface area contributed by atoms with Crippen molar-refractivity contribution < 1.29 is 9.32 Å². The van der Waals surface area contributed by atoms with Crippen molar-refractivity contribution >= 4 is 17.5 Å². The largest absolute Gasteiger partial charge is 0.338 e. The van der Waals surface area contributed by atoms with Crippen molar-refractivity contribution in [1.29, 1.82) is 0 Å². The molecule has 0 radical (unpaired) electrons. The molecule has 2 aromatic rings. The molecule has 28 heavy (non-hydrogen) atoms. The first kappa shape index (κ1) is 17.7. The zero-order chi connectivity index (χ0) is 19.1. The van der Waals surface area contributed by atoms with Crippen LogP contribution < -0.4 is 16.1 Å². The van der Waals surface area contributed by atoms with Gasteiger partial charge in [-0.05, 0) is 38.1 Å². The van der Waals surface area contributed by atoms with E-state index in [9.17, 15) is 4.79 Å². The minimum absolute atomic E-state index is 0.0712. The maximum absolute atomic E-state index is 12.4. The summed E-state index contributed by atoms with van der Waals surface area (Å²) in [5.74, 6) is 1.16. The Labute approximate surface area is 167 Å². The molecule has 3 N–H and O–H groups in total. The van der Waals surface area contributed by atoms with Crippen LogP contribution in [0.5, 0.6) is 0 Å². The first-order valence-electron chi connectivity index (χ1n) is 9.54. The predicted octanol–water partition coefficient (Wildman–Crippen LogP) is 1.63. The SMILES string of the molecule is O=C1C=C(C2CCNCC2)N2NCC(c3nc(-c4cccc(Cl)c4)no3)C2N1. The van der Waals surface area contributed by atoms with E-state index in [1.54, 1.807) is 18.2 Å². The first-order chi connectivity index (χ1) is 13.7. The van der Waals surface area contributed by atoms with Gasteiger partial charge in [-0.2, -0.15) is 4.98 Å². The van der Waals surface area contributed by atoms with Crippen LogP contribution in [0.3, 0.4) is 0 Å². The molecule has 0 bridgehead atoms. The number of nitrogens with one attached hydrogen (secondary N) is 3. The summed E-state index contributed by atoms with van der Waals surface area (Å²) in [5, 5.41) is 13.2. The van der Waals surface area contributed by atoms with Gasteiger partial charge in [0.15, 0.2) is 0 Å². The molecule has 1 amide bonds. The molecule has 8 nitrogen and oxygen atoms in total. The molecule has 2 atom stereocenters. The van der Waals surface area contributed by atoms with Crippen LogP contribution in [-0.4, -0.2) is 46.9 Å². The van der Waals surface area contributed by atoms with Gasteiger partial charge in [0.2, 0.25) is 17.6 Å². The van der Waals surface area contributed by atoms with Crippen LogP contribution >= 0.6 is 11.6 Å². The second kappa shape index (κ2) is 7.20. The van der Waals surface area contributed by atoms with Crippen molar-refractivity contribution in [2.75, 3.05) is 19.6 Å². The zero-order valence-electron chi connectivity index (χ0n) is 15.2. The molecule has 0 aliphatic carbocycles. The molecule has 2 fully saturated rings. The minimum atomic E-state index is -0.241. The van der Waals surface area contributed by atoms with Gasteiger partial charge in [0.1, 0.15) is 6.17 Å². The average molecular weight is 401 g/mol. The standard InChI is InChI=1S/C19H21ClN6O2/c20-13-3-1-2-12(8-13)17-24-19(28-25-17)14-10-22-26-15(9-16(27)23-18(14)26)11-4-6-21-7-5-11/h1-3,8-9,11,14,18,21-22H,4-7,10H2,(H,23,27). The van der Waals surface area contributed by atoms with Crippen LogP contribution in [0.15, 0.2) is 40.6 Å². The topological polar surface area (TPSA) is 95.3 Å². The summed E-state index contributed by atoms with van der Waals surface area (Å²) in [4.78, 5) is 16.9. The highest BCUT2D eigenvalue weighted by Crippen LogP contribution is 2.35. The Hall–Kier alpha value is -2.42. The fraction of sp³-hybridized carbons (Fsp3) is 0.421. The van der Waals surface area contributed by atoms with E-state index in [0.29, 0.717) is 29.2 Å². The lowest BCUT2D eigenvalue weighted by atomic mass is 9.92. The van der Waals surface area contributed by atoms with E-state index < -0.39 is 0 Å². The number of fused-ring (bicyclic) bond motifs is 1. The highest BCUT2D eigenvalue weighted by atomic mass is 35.5. The Bertz CT molecular complexity index is 923. The lowest BCUT2D eigenvalue weighted by Crippen LogP contribution is -2.53. The Morgan fingerprint density at radius 2 is 2.11 bits per heavy atom. The van der Waals surface area contributed by atoms with Gasteiger partial charge in [-0.15, -0.1) is 0 Å². The molecule has 1 aromatic carbocycles. The van der Waals surface area contributed by atoms with Crippen molar-refractivity contribution in [1.82, 2.24) is 31.2 Å². The van der Waals surface area contributed by atoms with Gasteiger partial charge in [0.25, 0.3) is 0 Å². The maximum Gasteiger partial charge on any atom is 0.247 e. The Morgan fingerprint density at radius 3 is 2.93 bits per heavy atom. The summed E-state index contributed by atoms with van der Waals surface area (Å²) in [6.07, 6.45) is 3.52. The molecule has 146 valence electrons. The van der Waals surface area contributed by atoms with E-state index in [1.807, 2.05) is 12.1 Å². The molecule has 5 rings (SSSR count). The number of carbonyl (C=O) groups is 1. The van der Waals surface area contributed by atoms with Gasteiger partial charge >= 0.3 is 0 Å². The van der Waals surface area contributed by atoms with E-state index in [-0.39, 0.29) is 18.0 Å². The number of allylic oxidation sites excluding steroid dienone is 1. The fourth-order valence-electron chi connectivity index (χ4n) is 4.18. The third-order valence-corrected chi connectivity index (χ3v) is 5.82.